The molecule has 0 saturated carbocycles. The topological polar surface area (TPSA) is 102 Å². The Morgan fingerprint density at radius 3 is 2.87 bits per heavy atom. The number of para-hydroxylation sites is 1. The summed E-state index contributed by atoms with van der Waals surface area (Å²) in [5, 5.41) is 3.51. The molecule has 9 nitrogen and oxygen atoms in total. The van der Waals surface area contributed by atoms with Gasteiger partial charge in [0, 0.05) is 54.3 Å². The number of rotatable bonds is 6. The number of benzene rings is 2. The van der Waals surface area contributed by atoms with Crippen LogP contribution < -0.4 is 25.2 Å². The fraction of sp³-hybridized carbons (Fsp3) is 0.276. The number of nitrogens with one attached hydrogen (secondary N) is 2. The van der Waals surface area contributed by atoms with E-state index in [0.717, 1.165) is 58.2 Å². The zero-order valence-electron chi connectivity index (χ0n) is 21.3. The summed E-state index contributed by atoms with van der Waals surface area (Å²) >= 11 is 0. The lowest BCUT2D eigenvalue weighted by Crippen LogP contribution is -2.39. The second kappa shape index (κ2) is 10.2. The minimum Gasteiger partial charge on any atom is -0.480 e. The van der Waals surface area contributed by atoms with E-state index in [0.29, 0.717) is 19.0 Å². The van der Waals surface area contributed by atoms with E-state index in [1.54, 1.807) is 31.8 Å². The van der Waals surface area contributed by atoms with Crippen LogP contribution in [-0.2, 0) is 11.2 Å². The third-order valence-electron chi connectivity index (χ3n) is 7.00. The lowest BCUT2D eigenvalue weighted by molar-refractivity contribution is 0.0384. The van der Waals surface area contributed by atoms with Crippen molar-refractivity contribution in [3.8, 4) is 17.4 Å². The smallest absolute Gasteiger partial charge is 0.249 e. The number of pyridine rings is 1. The van der Waals surface area contributed by atoms with E-state index in [2.05, 4.69) is 49.4 Å². The van der Waals surface area contributed by atoms with Gasteiger partial charge in [0.15, 0.2) is 0 Å². The second-order valence-electron chi connectivity index (χ2n) is 9.50. The van der Waals surface area contributed by atoms with Crippen molar-refractivity contribution in [2.45, 2.75) is 25.5 Å². The highest BCUT2D eigenvalue weighted by atomic mass is 16.5. The number of hydrogen-bond acceptors (Lipinski definition) is 8. The first-order valence-electron chi connectivity index (χ1n) is 12.7. The normalized spacial score (nSPS) is 17.1. The van der Waals surface area contributed by atoms with Crippen LogP contribution in [0.3, 0.4) is 0 Å². The number of anilines is 2. The summed E-state index contributed by atoms with van der Waals surface area (Å²) in [5.74, 6) is 2.20. The molecule has 0 bridgehead atoms. The van der Waals surface area contributed by atoms with Crippen molar-refractivity contribution in [3.63, 3.8) is 0 Å². The van der Waals surface area contributed by atoms with Crippen LogP contribution in [0.15, 0.2) is 71.9 Å². The third kappa shape index (κ3) is 4.80. The maximum atomic E-state index is 11.8. The number of aromatic nitrogens is 3. The van der Waals surface area contributed by atoms with Gasteiger partial charge in [-0.1, -0.05) is 18.2 Å². The lowest BCUT2D eigenvalue weighted by atomic mass is 9.95. The summed E-state index contributed by atoms with van der Waals surface area (Å²) in [6, 6.07) is 15.9. The average Bonchev–Trinajstić information content (AvgIpc) is 2.96. The van der Waals surface area contributed by atoms with E-state index in [9.17, 15) is 4.79 Å². The molecule has 4 aromatic rings. The molecule has 4 heterocycles. The highest BCUT2D eigenvalue weighted by Gasteiger charge is 2.29. The van der Waals surface area contributed by atoms with Crippen molar-refractivity contribution in [1.29, 1.82) is 0 Å². The molecule has 2 unspecified atom stereocenters. The molecule has 2 aliphatic rings. The monoisotopic (exact) mass is 511 g/mol. The van der Waals surface area contributed by atoms with Gasteiger partial charge in [-0.15, -0.1) is 0 Å². The Balaban J connectivity index is 1.20. The standard InChI is InChI=1S/C29H29N5O4/c1-18(24-15-32-28(36-2)16-31-24)33-21-6-7-25-20(13-21)12-19-4-3-5-23(29(19)38-25)26-17-34(10-11-37-26)22-8-9-30-27(35)14-22/h3-9,13-16,18,26,33H,10-12,17H2,1-2H3,(H,30,35). The Labute approximate surface area is 220 Å². The van der Waals surface area contributed by atoms with E-state index in [4.69, 9.17) is 14.2 Å². The molecule has 2 aromatic carbocycles. The van der Waals surface area contributed by atoms with Crippen LogP contribution in [-0.4, -0.2) is 41.8 Å². The van der Waals surface area contributed by atoms with Crippen LogP contribution in [0, 0.1) is 0 Å². The summed E-state index contributed by atoms with van der Waals surface area (Å²) in [6.45, 7) is 4.00. The van der Waals surface area contributed by atoms with E-state index in [1.165, 1.54) is 0 Å². The van der Waals surface area contributed by atoms with Crippen molar-refractivity contribution in [2.75, 3.05) is 37.0 Å². The minimum atomic E-state index is -0.160. The van der Waals surface area contributed by atoms with Crippen molar-refractivity contribution in [2.24, 2.45) is 0 Å². The van der Waals surface area contributed by atoms with Gasteiger partial charge in [-0.05, 0) is 36.8 Å². The summed E-state index contributed by atoms with van der Waals surface area (Å²) < 4.78 is 17.8. The molecule has 2 N–H and O–H groups in total. The highest BCUT2D eigenvalue weighted by molar-refractivity contribution is 5.59. The molecule has 0 aliphatic carbocycles. The van der Waals surface area contributed by atoms with Gasteiger partial charge in [-0.3, -0.25) is 9.78 Å². The fourth-order valence-electron chi connectivity index (χ4n) is 5.03. The fourth-order valence-corrected chi connectivity index (χ4v) is 5.03. The third-order valence-corrected chi connectivity index (χ3v) is 7.00. The number of methoxy groups -OCH3 is 1. The summed E-state index contributed by atoms with van der Waals surface area (Å²) in [4.78, 5) is 25.4. The molecular weight excluding hydrogens is 482 g/mol. The average molecular weight is 512 g/mol. The Morgan fingerprint density at radius 2 is 2.05 bits per heavy atom. The van der Waals surface area contributed by atoms with Crippen LogP contribution in [0.25, 0.3) is 0 Å². The van der Waals surface area contributed by atoms with Crippen molar-refractivity contribution in [1.82, 2.24) is 15.0 Å². The number of fused-ring (bicyclic) bond motifs is 2. The Morgan fingerprint density at radius 1 is 1.13 bits per heavy atom. The van der Waals surface area contributed by atoms with Crippen LogP contribution in [0.4, 0.5) is 11.4 Å². The molecule has 6 rings (SSSR count). The predicted octanol–water partition coefficient (Wildman–Crippen LogP) is 4.62. The zero-order valence-corrected chi connectivity index (χ0v) is 21.3. The molecule has 0 spiro atoms. The molecule has 2 atom stereocenters. The number of nitrogens with zero attached hydrogens (tertiary/aromatic N) is 3. The van der Waals surface area contributed by atoms with Crippen LogP contribution in [0.2, 0.25) is 0 Å². The zero-order chi connectivity index (χ0) is 26.1. The number of H-pyrrole nitrogens is 1. The second-order valence-corrected chi connectivity index (χ2v) is 9.50. The first kappa shape index (κ1) is 24.0. The molecular formula is C29H29N5O4. The predicted molar refractivity (Wildman–Crippen MR) is 144 cm³/mol. The molecule has 0 amide bonds. The first-order chi connectivity index (χ1) is 18.6. The van der Waals surface area contributed by atoms with E-state index >= 15 is 0 Å². The molecule has 38 heavy (non-hydrogen) atoms. The molecule has 194 valence electrons. The van der Waals surface area contributed by atoms with Gasteiger partial charge in [-0.25, -0.2) is 4.98 Å². The molecule has 1 fully saturated rings. The summed E-state index contributed by atoms with van der Waals surface area (Å²) in [5.41, 5.74) is 5.87. The van der Waals surface area contributed by atoms with Gasteiger partial charge < -0.3 is 29.4 Å². The minimum absolute atomic E-state index is 0.0264. The van der Waals surface area contributed by atoms with Crippen LogP contribution in [0.5, 0.6) is 17.4 Å². The number of hydrogen-bond donors (Lipinski definition) is 2. The SMILES string of the molecule is COc1cnc(C(C)Nc2ccc3c(c2)Cc2cccc(C4CN(c5cc[nH]c(=O)c5)CCO4)c2O3)cn1. The Kier molecular flexibility index (Phi) is 6.43. The van der Waals surface area contributed by atoms with Crippen molar-refractivity contribution in [3.05, 3.63) is 99.9 Å². The van der Waals surface area contributed by atoms with Gasteiger partial charge in [0.25, 0.3) is 0 Å². The lowest BCUT2D eigenvalue weighted by Gasteiger charge is -2.36. The molecule has 2 aromatic heterocycles. The maximum absolute atomic E-state index is 11.8. The number of aromatic amines is 1. The van der Waals surface area contributed by atoms with Gasteiger partial charge in [0.05, 0.1) is 37.8 Å². The molecule has 2 aliphatic heterocycles. The molecule has 1 saturated heterocycles. The van der Waals surface area contributed by atoms with Gasteiger partial charge in [-0.2, -0.15) is 0 Å². The Hall–Kier alpha value is -4.37. The Bertz CT molecular complexity index is 1500. The first-order valence-corrected chi connectivity index (χ1v) is 12.7. The summed E-state index contributed by atoms with van der Waals surface area (Å²) in [7, 11) is 1.58. The van der Waals surface area contributed by atoms with Gasteiger partial charge >= 0.3 is 0 Å². The maximum Gasteiger partial charge on any atom is 0.249 e. The van der Waals surface area contributed by atoms with Crippen molar-refractivity contribution >= 4 is 11.4 Å². The summed E-state index contributed by atoms with van der Waals surface area (Å²) in [6.07, 6.45) is 5.63. The number of ether oxygens (including phenoxy) is 3. The van der Waals surface area contributed by atoms with Gasteiger partial charge in [0.1, 0.15) is 17.6 Å². The largest absolute Gasteiger partial charge is 0.480 e. The van der Waals surface area contributed by atoms with E-state index in [1.807, 2.05) is 25.1 Å². The molecule has 9 heteroatoms. The van der Waals surface area contributed by atoms with Crippen molar-refractivity contribution < 1.29 is 14.2 Å². The number of morpholine rings is 1. The van der Waals surface area contributed by atoms with Gasteiger partial charge in [0.2, 0.25) is 11.4 Å². The molecule has 0 radical (unpaired) electrons. The quantitative estimate of drug-likeness (QED) is 0.341. The van der Waals surface area contributed by atoms with Crippen LogP contribution in [0.1, 0.15) is 41.5 Å². The highest BCUT2D eigenvalue weighted by Crippen LogP contribution is 2.43. The van der Waals surface area contributed by atoms with E-state index in [-0.39, 0.29) is 17.7 Å². The van der Waals surface area contributed by atoms with E-state index < -0.39 is 0 Å². The van der Waals surface area contributed by atoms with Crippen LogP contribution >= 0.6 is 0 Å².